The Balaban J connectivity index is 2.19. The second kappa shape index (κ2) is 7.17. The average molecular weight is 367 g/mol. The summed E-state index contributed by atoms with van der Waals surface area (Å²) in [7, 11) is 0. The van der Waals surface area contributed by atoms with Crippen LogP contribution in [0.15, 0.2) is 46.9 Å². The van der Waals surface area contributed by atoms with E-state index in [-0.39, 0.29) is 17.9 Å². The molecule has 0 bridgehead atoms. The van der Waals surface area contributed by atoms with Gasteiger partial charge in [-0.05, 0) is 53.2 Å². The summed E-state index contributed by atoms with van der Waals surface area (Å²) >= 11 is 3.21. The molecule has 0 aliphatic rings. The summed E-state index contributed by atoms with van der Waals surface area (Å²) < 4.78 is 23.9. The molecule has 6 heteroatoms. The first-order chi connectivity index (χ1) is 10.5. The highest BCUT2D eigenvalue weighted by atomic mass is 79.9. The number of hydrogen-bond acceptors (Lipinski definition) is 4. The molecule has 2 aromatic carbocycles. The number of halogens is 2. The van der Waals surface area contributed by atoms with Gasteiger partial charge in [-0.15, -0.1) is 0 Å². The van der Waals surface area contributed by atoms with Crippen LogP contribution in [-0.4, -0.2) is 18.5 Å². The molecule has 0 heterocycles. The maximum Gasteiger partial charge on any atom is 0.346 e. The van der Waals surface area contributed by atoms with Crippen LogP contribution in [0.5, 0.6) is 5.75 Å². The monoisotopic (exact) mass is 366 g/mol. The summed E-state index contributed by atoms with van der Waals surface area (Å²) in [6.07, 6.45) is 0. The van der Waals surface area contributed by atoms with Gasteiger partial charge in [-0.3, -0.25) is 0 Å². The maximum atomic E-state index is 13.5. The van der Waals surface area contributed by atoms with Gasteiger partial charge in [0.1, 0.15) is 11.6 Å². The molecule has 0 aliphatic carbocycles. The highest BCUT2D eigenvalue weighted by Gasteiger charge is 2.16. The van der Waals surface area contributed by atoms with Crippen molar-refractivity contribution in [1.29, 1.82) is 0 Å². The Hall–Kier alpha value is -2.21. The Morgan fingerprint density at radius 3 is 2.50 bits per heavy atom. The van der Waals surface area contributed by atoms with Crippen LogP contribution in [0.3, 0.4) is 0 Å². The van der Waals surface area contributed by atoms with Crippen molar-refractivity contribution in [3.05, 3.63) is 63.9 Å². The fourth-order valence-electron chi connectivity index (χ4n) is 1.71. The molecular formula is C16H12BrFO4. The van der Waals surface area contributed by atoms with E-state index in [0.29, 0.717) is 10.0 Å². The number of carbonyl (C=O) groups excluding carboxylic acids is 2. The minimum Gasteiger partial charge on any atom is -0.462 e. The SMILES string of the molecule is CCOC(=O)c1ccc(OC(=O)c2ccccc2F)c(Br)c1. The predicted octanol–water partition coefficient (Wildman–Crippen LogP) is 3.98. The van der Waals surface area contributed by atoms with Crippen molar-refractivity contribution in [3.8, 4) is 5.75 Å². The quantitative estimate of drug-likeness (QED) is 0.606. The summed E-state index contributed by atoms with van der Waals surface area (Å²) in [6.45, 7) is 1.97. The van der Waals surface area contributed by atoms with E-state index >= 15 is 0 Å². The normalized spacial score (nSPS) is 10.1. The molecule has 0 spiro atoms. The summed E-state index contributed by atoms with van der Waals surface area (Å²) in [4.78, 5) is 23.5. The second-order valence-electron chi connectivity index (χ2n) is 4.24. The van der Waals surface area contributed by atoms with Crippen molar-refractivity contribution in [2.45, 2.75) is 6.92 Å². The zero-order valence-electron chi connectivity index (χ0n) is 11.6. The summed E-state index contributed by atoms with van der Waals surface area (Å²) in [6, 6.07) is 9.91. The Morgan fingerprint density at radius 1 is 1.14 bits per heavy atom. The number of hydrogen-bond donors (Lipinski definition) is 0. The fourth-order valence-corrected chi connectivity index (χ4v) is 2.17. The summed E-state index contributed by atoms with van der Waals surface area (Å²) in [5.41, 5.74) is 0.156. The third-order valence-electron chi connectivity index (χ3n) is 2.74. The molecule has 4 nitrogen and oxygen atoms in total. The van der Waals surface area contributed by atoms with Gasteiger partial charge in [-0.1, -0.05) is 12.1 Å². The molecule has 2 rings (SSSR count). The predicted molar refractivity (Wildman–Crippen MR) is 81.5 cm³/mol. The fraction of sp³-hybridized carbons (Fsp3) is 0.125. The van der Waals surface area contributed by atoms with Crippen molar-refractivity contribution in [1.82, 2.24) is 0 Å². The molecule has 0 aromatic heterocycles. The van der Waals surface area contributed by atoms with Crippen LogP contribution in [0.2, 0.25) is 0 Å². The smallest absolute Gasteiger partial charge is 0.346 e. The van der Waals surface area contributed by atoms with Crippen LogP contribution in [-0.2, 0) is 4.74 Å². The lowest BCUT2D eigenvalue weighted by Crippen LogP contribution is -2.11. The standard InChI is InChI=1S/C16H12BrFO4/c1-2-21-15(19)10-7-8-14(12(17)9-10)22-16(20)11-5-3-4-6-13(11)18/h3-9H,2H2,1H3. The molecule has 0 saturated carbocycles. The van der Waals surface area contributed by atoms with Crippen molar-refractivity contribution < 1.29 is 23.5 Å². The van der Waals surface area contributed by atoms with Crippen LogP contribution in [0.4, 0.5) is 4.39 Å². The molecule has 0 radical (unpaired) electrons. The largest absolute Gasteiger partial charge is 0.462 e. The van der Waals surface area contributed by atoms with Crippen molar-refractivity contribution in [3.63, 3.8) is 0 Å². The molecule has 0 saturated heterocycles. The van der Waals surface area contributed by atoms with Gasteiger partial charge in [0, 0.05) is 0 Å². The Labute approximate surface area is 135 Å². The Morgan fingerprint density at radius 2 is 1.86 bits per heavy atom. The molecular weight excluding hydrogens is 355 g/mol. The van der Waals surface area contributed by atoms with E-state index in [0.717, 1.165) is 0 Å². The van der Waals surface area contributed by atoms with E-state index in [4.69, 9.17) is 9.47 Å². The molecule has 22 heavy (non-hydrogen) atoms. The van der Waals surface area contributed by atoms with Crippen LogP contribution in [0, 0.1) is 5.82 Å². The molecule has 0 N–H and O–H groups in total. The number of rotatable bonds is 4. The van der Waals surface area contributed by atoms with E-state index < -0.39 is 17.8 Å². The number of carbonyl (C=O) groups is 2. The van der Waals surface area contributed by atoms with Crippen LogP contribution in [0.25, 0.3) is 0 Å². The first kappa shape index (κ1) is 16.2. The van der Waals surface area contributed by atoms with Gasteiger partial charge in [0.05, 0.1) is 22.2 Å². The summed E-state index contributed by atoms with van der Waals surface area (Å²) in [5, 5.41) is 0. The number of esters is 2. The minimum absolute atomic E-state index is 0.163. The van der Waals surface area contributed by atoms with Gasteiger partial charge in [0.25, 0.3) is 0 Å². The van der Waals surface area contributed by atoms with E-state index in [9.17, 15) is 14.0 Å². The van der Waals surface area contributed by atoms with Gasteiger partial charge >= 0.3 is 11.9 Å². The van der Waals surface area contributed by atoms with Gasteiger partial charge in [-0.25, -0.2) is 14.0 Å². The van der Waals surface area contributed by atoms with Gasteiger partial charge in [-0.2, -0.15) is 0 Å². The van der Waals surface area contributed by atoms with Crippen LogP contribution >= 0.6 is 15.9 Å². The Kier molecular flexibility index (Phi) is 5.27. The maximum absolute atomic E-state index is 13.5. The molecule has 0 aliphatic heterocycles. The van der Waals surface area contributed by atoms with Gasteiger partial charge in [0.2, 0.25) is 0 Å². The lowest BCUT2D eigenvalue weighted by molar-refractivity contribution is 0.0526. The molecule has 0 atom stereocenters. The van der Waals surface area contributed by atoms with Gasteiger partial charge < -0.3 is 9.47 Å². The van der Waals surface area contributed by atoms with E-state index in [2.05, 4.69) is 15.9 Å². The van der Waals surface area contributed by atoms with Crippen molar-refractivity contribution >= 4 is 27.9 Å². The highest BCUT2D eigenvalue weighted by Crippen LogP contribution is 2.27. The first-order valence-electron chi connectivity index (χ1n) is 6.46. The number of ether oxygens (including phenoxy) is 2. The lowest BCUT2D eigenvalue weighted by Gasteiger charge is -2.08. The third kappa shape index (κ3) is 3.71. The Bertz CT molecular complexity index is 715. The number of benzene rings is 2. The minimum atomic E-state index is -0.817. The zero-order chi connectivity index (χ0) is 16.1. The zero-order valence-corrected chi connectivity index (χ0v) is 13.2. The van der Waals surface area contributed by atoms with Crippen LogP contribution in [0.1, 0.15) is 27.6 Å². The lowest BCUT2D eigenvalue weighted by atomic mass is 10.2. The molecule has 2 aromatic rings. The highest BCUT2D eigenvalue weighted by molar-refractivity contribution is 9.10. The first-order valence-corrected chi connectivity index (χ1v) is 7.25. The average Bonchev–Trinajstić information content (AvgIpc) is 2.49. The summed E-state index contributed by atoms with van der Waals surface area (Å²) in [5.74, 6) is -1.77. The topological polar surface area (TPSA) is 52.6 Å². The van der Waals surface area contributed by atoms with E-state index in [1.165, 1.54) is 36.4 Å². The second-order valence-corrected chi connectivity index (χ2v) is 5.09. The van der Waals surface area contributed by atoms with Crippen molar-refractivity contribution in [2.75, 3.05) is 6.61 Å². The third-order valence-corrected chi connectivity index (χ3v) is 3.36. The van der Waals surface area contributed by atoms with Crippen LogP contribution < -0.4 is 4.74 Å². The van der Waals surface area contributed by atoms with E-state index in [1.807, 2.05) is 0 Å². The van der Waals surface area contributed by atoms with Gasteiger partial charge in [0.15, 0.2) is 0 Å². The molecule has 114 valence electrons. The molecule has 0 amide bonds. The van der Waals surface area contributed by atoms with Crippen molar-refractivity contribution in [2.24, 2.45) is 0 Å². The molecule has 0 unspecified atom stereocenters. The molecule has 0 fully saturated rings. The van der Waals surface area contributed by atoms with E-state index in [1.54, 1.807) is 13.0 Å².